The summed E-state index contributed by atoms with van der Waals surface area (Å²) in [5.41, 5.74) is 1.61. The van der Waals surface area contributed by atoms with Crippen LogP contribution in [0.2, 0.25) is 0 Å². The number of rotatable bonds is 4. The van der Waals surface area contributed by atoms with Gasteiger partial charge in [-0.25, -0.2) is 0 Å². The molecule has 90 valence electrons. The average molecular weight is 298 g/mol. The van der Waals surface area contributed by atoms with Crippen LogP contribution >= 0.6 is 15.9 Å². The minimum atomic E-state index is -0.378. The number of nitriles is 1. The lowest BCUT2D eigenvalue weighted by Gasteiger charge is -2.09. The van der Waals surface area contributed by atoms with Crippen LogP contribution in [0.4, 0.5) is 0 Å². The molecule has 0 saturated heterocycles. The Morgan fingerprint density at radius 2 is 2.29 bits per heavy atom. The maximum atomic E-state index is 11.4. The number of phenols is 1. The van der Waals surface area contributed by atoms with E-state index >= 15 is 0 Å². The first-order chi connectivity index (χ1) is 8.12. The van der Waals surface area contributed by atoms with Crippen LogP contribution in [0.3, 0.4) is 0 Å². The van der Waals surface area contributed by atoms with Gasteiger partial charge in [0.1, 0.15) is 5.75 Å². The van der Waals surface area contributed by atoms with Gasteiger partial charge in [-0.2, -0.15) is 5.26 Å². The SMILES string of the molecule is CCOC(=O)Cc1c(C#N)cc(O)cc1CBr. The smallest absolute Gasteiger partial charge is 0.310 e. The molecule has 0 spiro atoms. The molecule has 1 N–H and O–H groups in total. The van der Waals surface area contributed by atoms with Gasteiger partial charge in [-0.15, -0.1) is 0 Å². The van der Waals surface area contributed by atoms with E-state index in [1.807, 2.05) is 6.07 Å². The van der Waals surface area contributed by atoms with Crippen molar-refractivity contribution in [2.75, 3.05) is 6.61 Å². The number of alkyl halides is 1. The first kappa shape index (κ1) is 13.5. The number of aromatic hydroxyl groups is 1. The van der Waals surface area contributed by atoms with Crippen molar-refractivity contribution in [2.45, 2.75) is 18.7 Å². The second-order valence-electron chi connectivity index (χ2n) is 3.36. The fraction of sp³-hybridized carbons (Fsp3) is 0.333. The monoisotopic (exact) mass is 297 g/mol. The second kappa shape index (κ2) is 6.26. The molecule has 5 heteroatoms. The predicted octanol–water partition coefficient (Wildman–Crippen LogP) is 2.26. The zero-order valence-corrected chi connectivity index (χ0v) is 11.0. The molecule has 0 saturated carbocycles. The van der Waals surface area contributed by atoms with Gasteiger partial charge in [0.25, 0.3) is 0 Å². The number of esters is 1. The van der Waals surface area contributed by atoms with Crippen LogP contribution in [0.5, 0.6) is 5.75 Å². The Kier molecular flexibility index (Phi) is 4.98. The molecule has 1 aromatic carbocycles. The summed E-state index contributed by atoms with van der Waals surface area (Å²) in [5, 5.41) is 18.9. The highest BCUT2D eigenvalue weighted by Gasteiger charge is 2.14. The minimum absolute atomic E-state index is 0.0172. The molecule has 0 bridgehead atoms. The van der Waals surface area contributed by atoms with Crippen molar-refractivity contribution in [2.24, 2.45) is 0 Å². The van der Waals surface area contributed by atoms with Crippen molar-refractivity contribution < 1.29 is 14.6 Å². The maximum absolute atomic E-state index is 11.4. The summed E-state index contributed by atoms with van der Waals surface area (Å²) in [6.45, 7) is 2.04. The van der Waals surface area contributed by atoms with Crippen LogP contribution in [0.25, 0.3) is 0 Å². The third kappa shape index (κ3) is 3.46. The van der Waals surface area contributed by atoms with Crippen molar-refractivity contribution in [3.05, 3.63) is 28.8 Å². The van der Waals surface area contributed by atoms with Gasteiger partial charge in [0.15, 0.2) is 0 Å². The van der Waals surface area contributed by atoms with Gasteiger partial charge in [-0.1, -0.05) is 15.9 Å². The highest BCUT2D eigenvalue weighted by atomic mass is 79.9. The van der Waals surface area contributed by atoms with E-state index < -0.39 is 0 Å². The van der Waals surface area contributed by atoms with E-state index in [0.717, 1.165) is 5.56 Å². The summed E-state index contributed by atoms with van der Waals surface area (Å²) in [7, 11) is 0. The third-order valence-electron chi connectivity index (χ3n) is 2.22. The van der Waals surface area contributed by atoms with Crippen molar-refractivity contribution in [3.63, 3.8) is 0 Å². The quantitative estimate of drug-likeness (QED) is 0.684. The van der Waals surface area contributed by atoms with Gasteiger partial charge in [0.05, 0.1) is 24.7 Å². The third-order valence-corrected chi connectivity index (χ3v) is 2.82. The standard InChI is InChI=1S/C12H12BrNO3/c1-2-17-12(16)5-11-8(6-13)3-10(15)4-9(11)7-14/h3-4,15H,2,5-6H2,1H3. The van der Waals surface area contributed by atoms with Gasteiger partial charge in [0, 0.05) is 5.33 Å². The highest BCUT2D eigenvalue weighted by molar-refractivity contribution is 9.08. The number of halogens is 1. The molecule has 0 unspecified atom stereocenters. The summed E-state index contributed by atoms with van der Waals surface area (Å²) < 4.78 is 4.85. The number of hydrogen-bond acceptors (Lipinski definition) is 4. The van der Waals surface area contributed by atoms with Crippen LogP contribution in [-0.4, -0.2) is 17.7 Å². The lowest BCUT2D eigenvalue weighted by Crippen LogP contribution is -2.10. The number of benzene rings is 1. The molecule has 0 fully saturated rings. The Balaban J connectivity index is 3.12. The summed E-state index contributed by atoms with van der Waals surface area (Å²) >= 11 is 3.26. The zero-order chi connectivity index (χ0) is 12.8. The van der Waals surface area contributed by atoms with Crippen molar-refractivity contribution in [1.82, 2.24) is 0 Å². The number of hydrogen-bond donors (Lipinski definition) is 1. The molecule has 0 atom stereocenters. The van der Waals surface area contributed by atoms with Crippen LogP contribution in [0, 0.1) is 11.3 Å². The Morgan fingerprint density at radius 1 is 1.59 bits per heavy atom. The van der Waals surface area contributed by atoms with Crippen LogP contribution in [-0.2, 0) is 21.3 Å². The number of nitrogens with zero attached hydrogens (tertiary/aromatic N) is 1. The topological polar surface area (TPSA) is 70.3 Å². The van der Waals surface area contributed by atoms with Crippen molar-refractivity contribution in [1.29, 1.82) is 5.26 Å². The Morgan fingerprint density at radius 3 is 2.82 bits per heavy atom. The Labute approximate surface area is 108 Å². The van der Waals surface area contributed by atoms with Crippen LogP contribution < -0.4 is 0 Å². The molecule has 4 nitrogen and oxygen atoms in total. The molecular formula is C12H12BrNO3. The number of carbonyl (C=O) groups excluding carboxylic acids is 1. The predicted molar refractivity (Wildman–Crippen MR) is 65.8 cm³/mol. The Hall–Kier alpha value is -1.54. The zero-order valence-electron chi connectivity index (χ0n) is 9.36. The lowest BCUT2D eigenvalue weighted by molar-refractivity contribution is -0.142. The van der Waals surface area contributed by atoms with Crippen molar-refractivity contribution >= 4 is 21.9 Å². The largest absolute Gasteiger partial charge is 0.508 e. The molecule has 0 aliphatic heterocycles. The first-order valence-corrected chi connectivity index (χ1v) is 6.21. The van der Waals surface area contributed by atoms with Crippen LogP contribution in [0.15, 0.2) is 12.1 Å². The van der Waals surface area contributed by atoms with Crippen molar-refractivity contribution in [3.8, 4) is 11.8 Å². The highest BCUT2D eigenvalue weighted by Crippen LogP contribution is 2.24. The molecule has 17 heavy (non-hydrogen) atoms. The summed E-state index contributed by atoms with van der Waals surface area (Å²) in [4.78, 5) is 11.4. The maximum Gasteiger partial charge on any atom is 0.310 e. The summed E-state index contributed by atoms with van der Waals surface area (Å²) in [6.07, 6.45) is 0.0396. The summed E-state index contributed by atoms with van der Waals surface area (Å²) in [5.74, 6) is -0.361. The normalized spacial score (nSPS) is 9.71. The van der Waals surface area contributed by atoms with E-state index in [1.54, 1.807) is 6.92 Å². The van der Waals surface area contributed by atoms with Crippen LogP contribution in [0.1, 0.15) is 23.6 Å². The molecular weight excluding hydrogens is 286 g/mol. The Bertz CT molecular complexity index is 466. The van der Waals surface area contributed by atoms with E-state index in [9.17, 15) is 9.90 Å². The van der Waals surface area contributed by atoms with Gasteiger partial charge in [0.2, 0.25) is 0 Å². The molecule has 0 radical (unpaired) electrons. The molecule has 1 rings (SSSR count). The molecule has 0 heterocycles. The fourth-order valence-corrected chi connectivity index (χ4v) is 2.00. The van der Waals surface area contributed by atoms with Gasteiger partial charge in [-0.3, -0.25) is 4.79 Å². The average Bonchev–Trinajstić information content (AvgIpc) is 2.31. The first-order valence-electron chi connectivity index (χ1n) is 5.08. The lowest BCUT2D eigenvalue weighted by atomic mass is 9.99. The molecule has 0 amide bonds. The molecule has 0 aromatic heterocycles. The molecule has 1 aromatic rings. The van der Waals surface area contributed by atoms with E-state index in [0.29, 0.717) is 23.1 Å². The van der Waals surface area contributed by atoms with Gasteiger partial charge in [-0.05, 0) is 30.2 Å². The summed E-state index contributed by atoms with van der Waals surface area (Å²) in [6, 6.07) is 4.85. The number of phenolic OH excluding ortho intramolecular Hbond substituents is 1. The minimum Gasteiger partial charge on any atom is -0.508 e. The number of ether oxygens (including phenoxy) is 1. The fourth-order valence-electron chi connectivity index (χ4n) is 1.50. The van der Waals surface area contributed by atoms with E-state index in [2.05, 4.69) is 15.9 Å². The van der Waals surface area contributed by atoms with Gasteiger partial charge < -0.3 is 9.84 Å². The van der Waals surface area contributed by atoms with E-state index in [1.165, 1.54) is 12.1 Å². The second-order valence-corrected chi connectivity index (χ2v) is 3.92. The number of carbonyl (C=O) groups is 1. The van der Waals surface area contributed by atoms with Gasteiger partial charge >= 0.3 is 5.97 Å². The molecule has 0 aliphatic rings. The van der Waals surface area contributed by atoms with E-state index in [4.69, 9.17) is 10.00 Å². The molecule has 0 aliphatic carbocycles. The van der Waals surface area contributed by atoms with E-state index in [-0.39, 0.29) is 18.1 Å².